The van der Waals surface area contributed by atoms with Gasteiger partial charge in [-0.3, -0.25) is 0 Å². The Morgan fingerprint density at radius 1 is 0.929 bits per heavy atom. The molecule has 0 aliphatic rings. The van der Waals surface area contributed by atoms with Crippen LogP contribution in [-0.2, 0) is 9.31 Å². The SMILES string of the molecule is BOC(=O)c1ccccc1C(=O)OB. The van der Waals surface area contributed by atoms with E-state index >= 15 is 0 Å². The molecule has 14 heavy (non-hydrogen) atoms. The van der Waals surface area contributed by atoms with Crippen molar-refractivity contribution < 1.29 is 18.9 Å². The summed E-state index contributed by atoms with van der Waals surface area (Å²) < 4.78 is 9.05. The minimum absolute atomic E-state index is 0.210. The number of rotatable bonds is 2. The number of benzene rings is 1. The molecule has 0 N–H and O–H groups in total. The van der Waals surface area contributed by atoms with E-state index in [1.807, 2.05) is 0 Å². The van der Waals surface area contributed by atoms with Crippen molar-refractivity contribution in [1.82, 2.24) is 0 Å². The summed E-state index contributed by atoms with van der Waals surface area (Å²) in [5, 5.41) is 0. The highest BCUT2D eigenvalue weighted by Crippen LogP contribution is 2.10. The molecule has 70 valence electrons. The molecule has 0 atom stereocenters. The Hall–Kier alpha value is -1.71. The summed E-state index contributed by atoms with van der Waals surface area (Å²) in [6, 6.07) is 6.33. The van der Waals surface area contributed by atoms with Crippen LogP contribution in [0.25, 0.3) is 0 Å². The number of carbonyl (C=O) groups is 2. The lowest BCUT2D eigenvalue weighted by Gasteiger charge is -2.05. The van der Waals surface area contributed by atoms with Crippen LogP contribution in [0.15, 0.2) is 24.3 Å². The van der Waals surface area contributed by atoms with Gasteiger partial charge in [0.15, 0.2) is 0 Å². The molecule has 0 aromatic heterocycles. The minimum atomic E-state index is -0.550. The molecule has 6 heteroatoms. The second kappa shape index (κ2) is 4.50. The van der Waals surface area contributed by atoms with E-state index in [1.165, 1.54) is 28.2 Å². The number of carbonyl (C=O) groups excluding carboxylic acids is 2. The molecule has 1 rings (SSSR count). The summed E-state index contributed by atoms with van der Waals surface area (Å²) in [7, 11) is 2.52. The molecule has 0 saturated carbocycles. The monoisotopic (exact) mass is 190 g/mol. The van der Waals surface area contributed by atoms with Crippen molar-refractivity contribution >= 4 is 28.0 Å². The first-order valence-electron chi connectivity index (χ1n) is 3.96. The average Bonchev–Trinajstić information content (AvgIpc) is 2.27. The van der Waals surface area contributed by atoms with Gasteiger partial charge in [0, 0.05) is 0 Å². The van der Waals surface area contributed by atoms with Gasteiger partial charge in [-0.15, -0.1) is 0 Å². The molecule has 0 unspecified atom stereocenters. The van der Waals surface area contributed by atoms with Gasteiger partial charge in [0.05, 0.1) is 11.1 Å². The Morgan fingerprint density at radius 2 is 1.29 bits per heavy atom. The van der Waals surface area contributed by atoms with Crippen LogP contribution >= 0.6 is 0 Å². The van der Waals surface area contributed by atoms with Crippen LogP contribution in [0.4, 0.5) is 0 Å². The molecular formula is C8H8B2O4. The van der Waals surface area contributed by atoms with Crippen molar-refractivity contribution in [2.24, 2.45) is 0 Å². The summed E-state index contributed by atoms with van der Waals surface area (Å²) >= 11 is 0. The molecule has 0 saturated heterocycles. The normalized spacial score (nSPS) is 9.14. The van der Waals surface area contributed by atoms with Crippen LogP contribution in [0.5, 0.6) is 0 Å². The van der Waals surface area contributed by atoms with Crippen LogP contribution in [0.2, 0.25) is 0 Å². The predicted molar refractivity (Wildman–Crippen MR) is 54.4 cm³/mol. The zero-order valence-corrected chi connectivity index (χ0v) is 7.94. The summed E-state index contributed by atoms with van der Waals surface area (Å²) in [6.07, 6.45) is 0. The summed E-state index contributed by atoms with van der Waals surface area (Å²) in [5.74, 6) is -1.10. The second-order valence-corrected chi connectivity index (χ2v) is 2.53. The number of hydrogen-bond acceptors (Lipinski definition) is 4. The molecule has 0 radical (unpaired) electrons. The van der Waals surface area contributed by atoms with Crippen LogP contribution in [0, 0.1) is 0 Å². The van der Waals surface area contributed by atoms with E-state index in [4.69, 9.17) is 0 Å². The molecule has 1 aromatic carbocycles. The van der Waals surface area contributed by atoms with E-state index in [-0.39, 0.29) is 11.1 Å². The Bertz CT molecular complexity index is 329. The lowest BCUT2D eigenvalue weighted by atomic mass is 10.1. The lowest BCUT2D eigenvalue weighted by molar-refractivity contribution is 0.0707. The molecule has 0 spiro atoms. The highest BCUT2D eigenvalue weighted by atomic mass is 16.5. The van der Waals surface area contributed by atoms with Crippen LogP contribution in [-0.4, -0.2) is 28.0 Å². The molecule has 0 aliphatic heterocycles. The van der Waals surface area contributed by atoms with E-state index in [0.29, 0.717) is 0 Å². The first kappa shape index (κ1) is 10.4. The zero-order chi connectivity index (χ0) is 10.6. The van der Waals surface area contributed by atoms with Gasteiger partial charge in [0.2, 0.25) is 0 Å². The lowest BCUT2D eigenvalue weighted by Crippen LogP contribution is -2.12. The van der Waals surface area contributed by atoms with Gasteiger partial charge < -0.3 is 9.31 Å². The third-order valence-electron chi connectivity index (χ3n) is 1.74. The summed E-state index contributed by atoms with van der Waals surface area (Å²) in [6.45, 7) is 0. The maximum atomic E-state index is 11.2. The Labute approximate surface area is 83.1 Å². The van der Waals surface area contributed by atoms with Gasteiger partial charge in [-0.05, 0) is 12.1 Å². The average molecular weight is 190 g/mol. The molecule has 0 bridgehead atoms. The highest BCUT2D eigenvalue weighted by molar-refractivity contribution is 6.15. The van der Waals surface area contributed by atoms with Crippen molar-refractivity contribution in [3.05, 3.63) is 35.4 Å². The van der Waals surface area contributed by atoms with E-state index in [9.17, 15) is 9.59 Å². The third kappa shape index (κ3) is 1.96. The fraction of sp³-hybridized carbons (Fsp3) is 0. The van der Waals surface area contributed by atoms with Gasteiger partial charge >= 0.3 is 28.0 Å². The van der Waals surface area contributed by atoms with Crippen LogP contribution in [0.3, 0.4) is 0 Å². The standard InChI is InChI=1S/C8H8B2O4/c9-13-7(11)5-3-1-2-4-6(5)8(12)14-10/h1-4H,9-10H2. The molecular weight excluding hydrogens is 182 g/mol. The van der Waals surface area contributed by atoms with E-state index in [0.717, 1.165) is 0 Å². The predicted octanol–water partition coefficient (Wildman–Crippen LogP) is -0.904. The van der Waals surface area contributed by atoms with Crippen molar-refractivity contribution in [2.45, 2.75) is 0 Å². The largest absolute Gasteiger partial charge is 0.540 e. The van der Waals surface area contributed by atoms with Gasteiger partial charge in [0.1, 0.15) is 0 Å². The Kier molecular flexibility index (Phi) is 3.34. The fourth-order valence-electron chi connectivity index (χ4n) is 1.06. The van der Waals surface area contributed by atoms with Crippen LogP contribution in [0.1, 0.15) is 20.7 Å². The Balaban J connectivity index is 3.15. The minimum Gasteiger partial charge on any atom is -0.540 e. The molecule has 0 amide bonds. The first-order valence-corrected chi connectivity index (χ1v) is 3.96. The second-order valence-electron chi connectivity index (χ2n) is 2.53. The molecule has 4 nitrogen and oxygen atoms in total. The van der Waals surface area contributed by atoms with Crippen LogP contribution < -0.4 is 0 Å². The van der Waals surface area contributed by atoms with Gasteiger partial charge in [-0.2, -0.15) is 0 Å². The highest BCUT2D eigenvalue weighted by Gasteiger charge is 2.15. The van der Waals surface area contributed by atoms with E-state index in [1.54, 1.807) is 12.1 Å². The quantitative estimate of drug-likeness (QED) is 0.566. The van der Waals surface area contributed by atoms with Gasteiger partial charge in [-0.25, -0.2) is 9.59 Å². The summed E-state index contributed by atoms with van der Waals surface area (Å²) in [5.41, 5.74) is 0.420. The topological polar surface area (TPSA) is 52.6 Å². The van der Waals surface area contributed by atoms with Crippen molar-refractivity contribution in [3.63, 3.8) is 0 Å². The first-order chi connectivity index (χ1) is 6.70. The Morgan fingerprint density at radius 3 is 1.57 bits per heavy atom. The van der Waals surface area contributed by atoms with Crippen molar-refractivity contribution in [3.8, 4) is 0 Å². The third-order valence-corrected chi connectivity index (χ3v) is 1.74. The molecule has 0 fully saturated rings. The van der Waals surface area contributed by atoms with E-state index < -0.39 is 11.9 Å². The zero-order valence-electron chi connectivity index (χ0n) is 7.94. The van der Waals surface area contributed by atoms with Gasteiger partial charge in [0.25, 0.3) is 0 Å². The number of hydrogen-bond donors (Lipinski definition) is 0. The van der Waals surface area contributed by atoms with Gasteiger partial charge in [-0.1, -0.05) is 12.1 Å². The molecule has 0 aliphatic carbocycles. The van der Waals surface area contributed by atoms with E-state index in [2.05, 4.69) is 9.31 Å². The molecule has 0 heterocycles. The maximum absolute atomic E-state index is 11.2. The maximum Gasteiger partial charge on any atom is 0.326 e. The fourth-order valence-corrected chi connectivity index (χ4v) is 1.06. The smallest absolute Gasteiger partial charge is 0.326 e. The molecule has 1 aromatic rings. The van der Waals surface area contributed by atoms with Crippen molar-refractivity contribution in [2.75, 3.05) is 0 Å². The van der Waals surface area contributed by atoms with Crippen molar-refractivity contribution in [1.29, 1.82) is 0 Å². The summed E-state index contributed by atoms with van der Waals surface area (Å²) in [4.78, 5) is 22.4.